The average Bonchev–Trinajstić information content (AvgIpc) is 2.72. The highest BCUT2D eigenvalue weighted by Gasteiger charge is 2.28. The van der Waals surface area contributed by atoms with Gasteiger partial charge in [-0.1, -0.05) is 48.5 Å². The Bertz CT molecular complexity index is 934. The highest BCUT2D eigenvalue weighted by Crippen LogP contribution is 2.19. The van der Waals surface area contributed by atoms with Crippen LogP contribution in [0.1, 0.15) is 11.1 Å². The Balaban J connectivity index is 1.57. The van der Waals surface area contributed by atoms with Gasteiger partial charge in [0.25, 0.3) is 0 Å². The summed E-state index contributed by atoms with van der Waals surface area (Å²) in [7, 11) is -1.80. The van der Waals surface area contributed by atoms with Crippen LogP contribution in [0, 0.1) is 0 Å². The van der Waals surface area contributed by atoms with Crippen molar-refractivity contribution in [2.24, 2.45) is 0 Å². The molecule has 0 aliphatic carbocycles. The highest BCUT2D eigenvalue weighted by molar-refractivity contribution is 7.88. The fraction of sp³-hybridized carbons (Fsp3) is 0.286. The van der Waals surface area contributed by atoms with E-state index in [2.05, 4.69) is 0 Å². The summed E-state index contributed by atoms with van der Waals surface area (Å²) in [6, 6.07) is 16.6. The molecular formula is C21H24N2O4S. The number of nitrogens with zero attached hydrogens (tertiary/aromatic N) is 2. The fourth-order valence-corrected chi connectivity index (χ4v) is 4.65. The van der Waals surface area contributed by atoms with Gasteiger partial charge in [0.15, 0.2) is 0 Å². The van der Waals surface area contributed by atoms with Crippen LogP contribution in [0.2, 0.25) is 0 Å². The van der Waals surface area contributed by atoms with Gasteiger partial charge in [0.2, 0.25) is 15.9 Å². The lowest BCUT2D eigenvalue weighted by atomic mass is 10.2. The van der Waals surface area contributed by atoms with E-state index < -0.39 is 10.0 Å². The number of rotatable bonds is 6. The van der Waals surface area contributed by atoms with Crippen molar-refractivity contribution in [3.8, 4) is 5.75 Å². The molecule has 0 saturated carbocycles. The Morgan fingerprint density at radius 3 is 2.32 bits per heavy atom. The van der Waals surface area contributed by atoms with E-state index in [1.54, 1.807) is 30.2 Å². The maximum atomic E-state index is 12.6. The van der Waals surface area contributed by atoms with Crippen LogP contribution in [0.4, 0.5) is 0 Å². The van der Waals surface area contributed by atoms with E-state index in [4.69, 9.17) is 4.74 Å². The number of carbonyl (C=O) groups excluding carboxylic acids is 1. The number of carbonyl (C=O) groups is 1. The van der Waals surface area contributed by atoms with E-state index in [0.717, 1.165) is 11.1 Å². The van der Waals surface area contributed by atoms with Crippen LogP contribution in [0.15, 0.2) is 60.7 Å². The van der Waals surface area contributed by atoms with Gasteiger partial charge < -0.3 is 9.64 Å². The maximum absolute atomic E-state index is 12.6. The normalized spacial score (nSPS) is 15.7. The van der Waals surface area contributed by atoms with E-state index in [-0.39, 0.29) is 11.7 Å². The van der Waals surface area contributed by atoms with Crippen molar-refractivity contribution >= 4 is 22.0 Å². The lowest BCUT2D eigenvalue weighted by Gasteiger charge is -2.33. The summed E-state index contributed by atoms with van der Waals surface area (Å²) in [4.78, 5) is 14.1. The third kappa shape index (κ3) is 4.99. The molecule has 2 aromatic rings. The number of benzene rings is 2. The fourth-order valence-electron chi connectivity index (χ4n) is 3.13. The molecule has 2 aromatic carbocycles. The lowest BCUT2D eigenvalue weighted by Crippen LogP contribution is -2.50. The summed E-state index contributed by atoms with van der Waals surface area (Å²) in [5, 5.41) is 0. The number of methoxy groups -OCH3 is 1. The van der Waals surface area contributed by atoms with Gasteiger partial charge in [-0.15, -0.1) is 0 Å². The molecule has 0 radical (unpaired) electrons. The van der Waals surface area contributed by atoms with Crippen molar-refractivity contribution in [3.63, 3.8) is 0 Å². The second kappa shape index (κ2) is 9.03. The molecule has 1 amide bonds. The molecule has 3 rings (SSSR count). The van der Waals surface area contributed by atoms with Crippen LogP contribution in [-0.2, 0) is 20.6 Å². The first-order valence-corrected chi connectivity index (χ1v) is 10.7. The number of amides is 1. The van der Waals surface area contributed by atoms with Crippen LogP contribution in [0.5, 0.6) is 5.75 Å². The second-order valence-corrected chi connectivity index (χ2v) is 8.51. The third-order valence-corrected chi connectivity index (χ3v) is 6.53. The summed E-state index contributed by atoms with van der Waals surface area (Å²) in [6.45, 7) is 1.37. The molecule has 0 N–H and O–H groups in total. The second-order valence-electron chi connectivity index (χ2n) is 6.54. The molecule has 0 atom stereocenters. The zero-order valence-electron chi connectivity index (χ0n) is 15.8. The zero-order chi connectivity index (χ0) is 20.0. The molecule has 1 aliphatic rings. The molecule has 1 fully saturated rings. The Morgan fingerprint density at radius 2 is 1.64 bits per heavy atom. The van der Waals surface area contributed by atoms with Crippen molar-refractivity contribution in [2.75, 3.05) is 33.3 Å². The van der Waals surface area contributed by atoms with Gasteiger partial charge in [-0.25, -0.2) is 8.42 Å². The summed E-state index contributed by atoms with van der Waals surface area (Å²) in [5.41, 5.74) is 1.59. The SMILES string of the molecule is COc1ccccc1/C=C/C(=O)N1CCN(S(=O)(=O)Cc2ccccc2)CC1. The molecule has 1 saturated heterocycles. The lowest BCUT2D eigenvalue weighted by molar-refractivity contribution is -0.127. The van der Waals surface area contributed by atoms with E-state index in [1.807, 2.05) is 42.5 Å². The van der Waals surface area contributed by atoms with Crippen LogP contribution < -0.4 is 4.74 Å². The molecule has 28 heavy (non-hydrogen) atoms. The average molecular weight is 401 g/mol. The quantitative estimate of drug-likeness (QED) is 0.699. The van der Waals surface area contributed by atoms with E-state index >= 15 is 0 Å². The first kappa shape index (κ1) is 20.1. The molecule has 148 valence electrons. The van der Waals surface area contributed by atoms with Crippen molar-refractivity contribution in [1.29, 1.82) is 0 Å². The monoisotopic (exact) mass is 400 g/mol. The summed E-state index contributed by atoms with van der Waals surface area (Å²) in [6.07, 6.45) is 3.23. The molecule has 0 aromatic heterocycles. The Hall–Kier alpha value is -2.64. The minimum Gasteiger partial charge on any atom is -0.496 e. The molecule has 6 nitrogen and oxygen atoms in total. The summed E-state index contributed by atoms with van der Waals surface area (Å²) >= 11 is 0. The van der Waals surface area contributed by atoms with Gasteiger partial charge in [-0.3, -0.25) is 4.79 Å². The number of piperazine rings is 1. The Kier molecular flexibility index (Phi) is 6.49. The Labute approximate surface area is 166 Å². The number of sulfonamides is 1. The molecule has 7 heteroatoms. The molecule has 0 spiro atoms. The van der Waals surface area contributed by atoms with Gasteiger partial charge >= 0.3 is 0 Å². The van der Waals surface area contributed by atoms with E-state index in [1.165, 1.54) is 10.4 Å². The highest BCUT2D eigenvalue weighted by atomic mass is 32.2. The van der Waals surface area contributed by atoms with Crippen molar-refractivity contribution < 1.29 is 17.9 Å². The Morgan fingerprint density at radius 1 is 1.00 bits per heavy atom. The van der Waals surface area contributed by atoms with Gasteiger partial charge in [0, 0.05) is 37.8 Å². The number of hydrogen-bond acceptors (Lipinski definition) is 4. The van der Waals surface area contributed by atoms with Crippen LogP contribution in [0.25, 0.3) is 6.08 Å². The largest absolute Gasteiger partial charge is 0.496 e. The van der Waals surface area contributed by atoms with Crippen molar-refractivity contribution in [1.82, 2.24) is 9.21 Å². The van der Waals surface area contributed by atoms with Crippen molar-refractivity contribution in [2.45, 2.75) is 5.75 Å². The summed E-state index contributed by atoms with van der Waals surface area (Å²) < 4.78 is 32.0. The number of para-hydroxylation sites is 1. The molecule has 0 bridgehead atoms. The first-order chi connectivity index (χ1) is 13.5. The van der Waals surface area contributed by atoms with Crippen LogP contribution in [0.3, 0.4) is 0 Å². The smallest absolute Gasteiger partial charge is 0.246 e. The summed E-state index contributed by atoms with van der Waals surface area (Å²) in [5.74, 6) is 0.546. The zero-order valence-corrected chi connectivity index (χ0v) is 16.6. The minimum absolute atomic E-state index is 0.0184. The number of ether oxygens (including phenoxy) is 1. The first-order valence-electron chi connectivity index (χ1n) is 9.11. The molecule has 1 aliphatic heterocycles. The van der Waals surface area contributed by atoms with Crippen LogP contribution >= 0.6 is 0 Å². The van der Waals surface area contributed by atoms with E-state index in [0.29, 0.717) is 31.9 Å². The van der Waals surface area contributed by atoms with Gasteiger partial charge in [-0.2, -0.15) is 4.31 Å². The van der Waals surface area contributed by atoms with Gasteiger partial charge in [-0.05, 0) is 17.7 Å². The molecular weight excluding hydrogens is 376 g/mol. The third-order valence-electron chi connectivity index (χ3n) is 4.68. The standard InChI is InChI=1S/C21H24N2O4S/c1-27-20-10-6-5-9-19(20)11-12-21(24)22-13-15-23(16-14-22)28(25,26)17-18-7-3-2-4-8-18/h2-12H,13-17H2,1H3/b12-11+. The molecule has 0 unspecified atom stereocenters. The maximum Gasteiger partial charge on any atom is 0.246 e. The topological polar surface area (TPSA) is 66.9 Å². The molecule has 1 heterocycles. The van der Waals surface area contributed by atoms with E-state index in [9.17, 15) is 13.2 Å². The van der Waals surface area contributed by atoms with Gasteiger partial charge in [0.1, 0.15) is 5.75 Å². The predicted molar refractivity (Wildman–Crippen MR) is 109 cm³/mol. The minimum atomic E-state index is -3.39. The van der Waals surface area contributed by atoms with Crippen LogP contribution in [-0.4, -0.2) is 56.8 Å². The van der Waals surface area contributed by atoms with Gasteiger partial charge in [0.05, 0.1) is 12.9 Å². The number of hydrogen-bond donors (Lipinski definition) is 0. The predicted octanol–water partition coefficient (Wildman–Crippen LogP) is 2.38. The van der Waals surface area contributed by atoms with Crippen molar-refractivity contribution in [3.05, 3.63) is 71.8 Å².